The quantitative estimate of drug-likeness (QED) is 0.822. The Morgan fingerprint density at radius 1 is 0.824 bits per heavy atom. The smallest absolute Gasteiger partial charge is 0.344 e. The highest BCUT2D eigenvalue weighted by molar-refractivity contribution is 5.85. The van der Waals surface area contributed by atoms with Gasteiger partial charge in [0.15, 0.2) is 0 Å². The van der Waals surface area contributed by atoms with E-state index in [-0.39, 0.29) is 18.4 Å². The molecule has 2 saturated heterocycles. The number of piperidine rings is 2. The molecular formula is C11H23ClN4O. The van der Waals surface area contributed by atoms with Gasteiger partial charge in [0.25, 0.3) is 0 Å². The molecule has 0 aliphatic carbocycles. The van der Waals surface area contributed by atoms with Gasteiger partial charge >= 0.3 is 6.03 Å². The maximum atomic E-state index is 11.6. The molecule has 0 spiro atoms. The predicted molar refractivity (Wildman–Crippen MR) is 69.5 cm³/mol. The zero-order valence-corrected chi connectivity index (χ0v) is 11.1. The minimum Gasteiger partial charge on any atom is -0.349 e. The lowest BCUT2D eigenvalue weighted by atomic mass is 10.1. The van der Waals surface area contributed by atoms with E-state index in [1.54, 1.807) is 5.12 Å². The molecule has 0 unspecified atom stereocenters. The van der Waals surface area contributed by atoms with E-state index in [1.165, 1.54) is 12.8 Å². The standard InChI is InChI=1S/C11H22N4O.ClH/c12-11(16)15(13-7-3-1-4-8-13)14-9-5-2-6-10-14;/h1-10H2,(H2,12,16);1H. The van der Waals surface area contributed by atoms with Crippen molar-refractivity contribution < 1.29 is 4.79 Å². The summed E-state index contributed by atoms with van der Waals surface area (Å²) < 4.78 is 0. The summed E-state index contributed by atoms with van der Waals surface area (Å²) in [5.74, 6) is 0. The van der Waals surface area contributed by atoms with Gasteiger partial charge in [0.1, 0.15) is 0 Å². The Morgan fingerprint density at radius 3 is 1.47 bits per heavy atom. The summed E-state index contributed by atoms with van der Waals surface area (Å²) in [4.78, 5) is 11.6. The van der Waals surface area contributed by atoms with Crippen LogP contribution in [0, 0.1) is 0 Å². The molecule has 100 valence electrons. The van der Waals surface area contributed by atoms with Gasteiger partial charge < -0.3 is 5.73 Å². The highest BCUT2D eigenvalue weighted by atomic mass is 35.5. The van der Waals surface area contributed by atoms with Crippen molar-refractivity contribution in [2.75, 3.05) is 26.2 Å². The largest absolute Gasteiger partial charge is 0.349 e. The van der Waals surface area contributed by atoms with Crippen LogP contribution in [0.15, 0.2) is 0 Å². The van der Waals surface area contributed by atoms with Gasteiger partial charge in [0, 0.05) is 26.2 Å². The van der Waals surface area contributed by atoms with Crippen LogP contribution in [-0.4, -0.2) is 47.3 Å². The second-order valence-electron chi connectivity index (χ2n) is 4.66. The Labute approximate surface area is 109 Å². The number of hydrogen-bond acceptors (Lipinski definition) is 3. The first-order chi connectivity index (χ1) is 7.79. The van der Waals surface area contributed by atoms with Crippen LogP contribution in [0.1, 0.15) is 38.5 Å². The third kappa shape index (κ3) is 3.72. The Morgan fingerprint density at radius 2 is 1.18 bits per heavy atom. The third-order valence-electron chi connectivity index (χ3n) is 3.40. The first kappa shape index (κ1) is 14.5. The SMILES string of the molecule is Cl.NC(=O)N(N1CCCCC1)N1CCCCC1. The van der Waals surface area contributed by atoms with Crippen molar-refractivity contribution in [3.05, 3.63) is 0 Å². The lowest BCUT2D eigenvalue weighted by Crippen LogP contribution is -2.60. The van der Waals surface area contributed by atoms with E-state index in [1.807, 2.05) is 0 Å². The summed E-state index contributed by atoms with van der Waals surface area (Å²) >= 11 is 0. The fourth-order valence-corrected chi connectivity index (χ4v) is 2.59. The van der Waals surface area contributed by atoms with Gasteiger partial charge in [0.05, 0.1) is 0 Å². The van der Waals surface area contributed by atoms with Gasteiger partial charge in [-0.1, -0.05) is 12.8 Å². The van der Waals surface area contributed by atoms with Crippen molar-refractivity contribution in [3.63, 3.8) is 0 Å². The average molecular weight is 263 g/mol. The molecule has 5 nitrogen and oxygen atoms in total. The van der Waals surface area contributed by atoms with Gasteiger partial charge in [-0.2, -0.15) is 5.12 Å². The van der Waals surface area contributed by atoms with Gasteiger partial charge in [0.2, 0.25) is 0 Å². The van der Waals surface area contributed by atoms with Crippen LogP contribution in [0.25, 0.3) is 0 Å². The van der Waals surface area contributed by atoms with Crippen molar-refractivity contribution in [2.45, 2.75) is 38.5 Å². The molecule has 2 aliphatic heterocycles. The van der Waals surface area contributed by atoms with Crippen molar-refractivity contribution in [2.24, 2.45) is 5.73 Å². The maximum Gasteiger partial charge on any atom is 0.344 e. The molecule has 0 atom stereocenters. The lowest BCUT2D eigenvalue weighted by molar-refractivity contribution is -0.153. The molecule has 0 aromatic heterocycles. The fraction of sp³-hybridized carbons (Fsp3) is 0.909. The second kappa shape index (κ2) is 7.03. The summed E-state index contributed by atoms with van der Waals surface area (Å²) in [5.41, 5.74) is 5.50. The summed E-state index contributed by atoms with van der Waals surface area (Å²) in [7, 11) is 0. The van der Waals surface area contributed by atoms with Gasteiger partial charge in [-0.15, -0.1) is 12.4 Å². The first-order valence-corrected chi connectivity index (χ1v) is 6.38. The molecule has 2 amide bonds. The molecule has 0 radical (unpaired) electrons. The number of amides is 2. The van der Waals surface area contributed by atoms with Crippen LogP contribution >= 0.6 is 12.4 Å². The van der Waals surface area contributed by atoms with Gasteiger partial charge in [-0.05, 0) is 25.7 Å². The minimum absolute atomic E-state index is 0. The van der Waals surface area contributed by atoms with Gasteiger partial charge in [-0.3, -0.25) is 0 Å². The minimum atomic E-state index is -0.330. The number of nitrogens with two attached hydrogens (primary N) is 1. The normalized spacial score (nSPS) is 22.8. The molecule has 0 aromatic carbocycles. The summed E-state index contributed by atoms with van der Waals surface area (Å²) in [6, 6.07) is -0.330. The maximum absolute atomic E-state index is 11.6. The number of carbonyl (C=O) groups is 1. The third-order valence-corrected chi connectivity index (χ3v) is 3.40. The Balaban J connectivity index is 0.00000144. The van der Waals surface area contributed by atoms with Crippen molar-refractivity contribution >= 4 is 18.4 Å². The molecule has 0 saturated carbocycles. The topological polar surface area (TPSA) is 52.8 Å². The molecule has 6 heteroatoms. The average Bonchev–Trinajstić information content (AvgIpc) is 2.31. The first-order valence-electron chi connectivity index (χ1n) is 6.38. The Bertz CT molecular complexity index is 222. The highest BCUT2D eigenvalue weighted by Gasteiger charge is 2.27. The van der Waals surface area contributed by atoms with E-state index in [4.69, 9.17) is 5.73 Å². The number of nitrogens with zero attached hydrogens (tertiary/aromatic N) is 3. The summed E-state index contributed by atoms with van der Waals surface area (Å²) in [6.07, 6.45) is 7.19. The summed E-state index contributed by atoms with van der Waals surface area (Å²) in [5, 5.41) is 5.91. The van der Waals surface area contributed by atoms with E-state index < -0.39 is 0 Å². The van der Waals surface area contributed by atoms with E-state index in [9.17, 15) is 4.79 Å². The molecule has 2 fully saturated rings. The zero-order valence-electron chi connectivity index (χ0n) is 10.3. The van der Waals surface area contributed by atoms with E-state index in [0.717, 1.165) is 51.9 Å². The monoisotopic (exact) mass is 262 g/mol. The number of primary amides is 1. The lowest BCUT2D eigenvalue weighted by Gasteiger charge is -2.43. The van der Waals surface area contributed by atoms with E-state index in [0.29, 0.717) is 0 Å². The van der Waals surface area contributed by atoms with Crippen molar-refractivity contribution in [3.8, 4) is 0 Å². The molecular weight excluding hydrogens is 240 g/mol. The number of halogens is 1. The number of hydrogen-bond donors (Lipinski definition) is 1. The number of carbonyl (C=O) groups excluding carboxylic acids is 1. The fourth-order valence-electron chi connectivity index (χ4n) is 2.59. The van der Waals surface area contributed by atoms with Crippen LogP contribution in [0.2, 0.25) is 0 Å². The molecule has 2 aliphatic rings. The second-order valence-corrected chi connectivity index (χ2v) is 4.66. The molecule has 0 bridgehead atoms. The van der Waals surface area contributed by atoms with Crippen LogP contribution in [0.4, 0.5) is 4.79 Å². The molecule has 0 aromatic rings. The van der Waals surface area contributed by atoms with Crippen LogP contribution < -0.4 is 5.73 Å². The number of hydrazine groups is 2. The van der Waals surface area contributed by atoms with Gasteiger partial charge in [-0.25, -0.2) is 14.8 Å². The predicted octanol–water partition coefficient (Wildman–Crippen LogP) is 1.59. The molecule has 2 rings (SSSR count). The van der Waals surface area contributed by atoms with Crippen molar-refractivity contribution in [1.29, 1.82) is 0 Å². The Hall–Kier alpha value is -0.520. The van der Waals surface area contributed by atoms with Crippen molar-refractivity contribution in [1.82, 2.24) is 15.1 Å². The number of urea groups is 1. The highest BCUT2D eigenvalue weighted by Crippen LogP contribution is 2.17. The van der Waals surface area contributed by atoms with Crippen LogP contribution in [0.5, 0.6) is 0 Å². The molecule has 17 heavy (non-hydrogen) atoms. The van der Waals surface area contributed by atoms with E-state index in [2.05, 4.69) is 10.0 Å². The molecule has 2 heterocycles. The summed E-state index contributed by atoms with van der Waals surface area (Å²) in [6.45, 7) is 3.83. The van der Waals surface area contributed by atoms with E-state index >= 15 is 0 Å². The zero-order chi connectivity index (χ0) is 11.4. The number of rotatable bonds is 2. The van der Waals surface area contributed by atoms with Crippen LogP contribution in [-0.2, 0) is 0 Å². The Kier molecular flexibility index (Phi) is 6.02. The molecule has 2 N–H and O–H groups in total. The van der Waals surface area contributed by atoms with Crippen LogP contribution in [0.3, 0.4) is 0 Å².